The van der Waals surface area contributed by atoms with Crippen molar-refractivity contribution in [2.75, 3.05) is 31.1 Å². The highest BCUT2D eigenvalue weighted by Gasteiger charge is 2.29. The van der Waals surface area contributed by atoms with Crippen molar-refractivity contribution in [3.8, 4) is 5.82 Å². The Morgan fingerprint density at radius 2 is 1.72 bits per heavy atom. The third-order valence-electron chi connectivity index (χ3n) is 4.16. The van der Waals surface area contributed by atoms with E-state index in [1.165, 1.54) is 23.2 Å². The summed E-state index contributed by atoms with van der Waals surface area (Å²) in [5.41, 5.74) is 0. The van der Waals surface area contributed by atoms with Crippen molar-refractivity contribution < 1.29 is 8.42 Å². The van der Waals surface area contributed by atoms with Crippen molar-refractivity contribution in [3.05, 3.63) is 49.4 Å². The van der Waals surface area contributed by atoms with Crippen LogP contribution in [0, 0.1) is 0 Å². The first-order valence-electron chi connectivity index (χ1n) is 7.83. The lowest BCUT2D eigenvalue weighted by Crippen LogP contribution is -2.49. The fourth-order valence-electron chi connectivity index (χ4n) is 2.82. The average Bonchev–Trinajstić information content (AvgIpc) is 3.36. The van der Waals surface area contributed by atoms with Crippen LogP contribution >= 0.6 is 0 Å². The van der Waals surface area contributed by atoms with Gasteiger partial charge in [0.2, 0.25) is 0 Å². The largest absolute Gasteiger partial charge is 0.354 e. The van der Waals surface area contributed by atoms with Crippen LogP contribution in [0.2, 0.25) is 0 Å². The Hall–Kier alpha value is -2.72. The number of aromatic nitrogens is 5. The summed E-state index contributed by atoms with van der Waals surface area (Å²) in [6.45, 7) is 1.92. The molecule has 1 aliphatic heterocycles. The minimum absolute atomic E-state index is 0.123. The van der Waals surface area contributed by atoms with Crippen LogP contribution in [-0.4, -0.2) is 63.4 Å². The van der Waals surface area contributed by atoms with Crippen LogP contribution in [0.3, 0.4) is 0 Å². The molecule has 0 saturated carbocycles. The average molecular weight is 359 g/mol. The molecule has 1 N–H and O–H groups in total. The molecule has 0 aromatic carbocycles. The zero-order chi connectivity index (χ0) is 17.3. The topological polar surface area (TPSA) is 100 Å². The molecule has 0 aliphatic carbocycles. The fourth-order valence-corrected chi connectivity index (χ4v) is 4.14. The molecule has 0 amide bonds. The van der Waals surface area contributed by atoms with Crippen LogP contribution in [0.25, 0.3) is 5.82 Å². The number of rotatable bonds is 4. The minimum Gasteiger partial charge on any atom is -0.354 e. The number of H-pyrrole nitrogens is 1. The number of hydrogen-bond donors (Lipinski definition) is 1. The van der Waals surface area contributed by atoms with Gasteiger partial charge in [0.05, 0.1) is 12.5 Å². The second-order valence-electron chi connectivity index (χ2n) is 5.63. The number of nitrogens with one attached hydrogen (secondary N) is 1. The number of aromatic amines is 1. The second-order valence-corrected chi connectivity index (χ2v) is 7.54. The highest BCUT2D eigenvalue weighted by Crippen LogP contribution is 2.19. The maximum absolute atomic E-state index is 12.5. The number of piperazine rings is 1. The van der Waals surface area contributed by atoms with Gasteiger partial charge in [-0.15, -0.1) is 0 Å². The molecule has 4 rings (SSSR count). The van der Waals surface area contributed by atoms with Gasteiger partial charge >= 0.3 is 0 Å². The third-order valence-corrected chi connectivity index (χ3v) is 5.98. The van der Waals surface area contributed by atoms with Gasteiger partial charge in [-0.25, -0.2) is 23.4 Å². The maximum Gasteiger partial charge on any atom is 0.260 e. The molecule has 0 unspecified atom stereocenters. The van der Waals surface area contributed by atoms with Crippen LogP contribution in [-0.2, 0) is 10.0 Å². The van der Waals surface area contributed by atoms with Crippen LogP contribution in [0.1, 0.15) is 0 Å². The van der Waals surface area contributed by atoms with E-state index in [0.717, 1.165) is 11.6 Å². The van der Waals surface area contributed by atoms with Gasteiger partial charge in [-0.2, -0.15) is 4.31 Å². The van der Waals surface area contributed by atoms with Crippen molar-refractivity contribution in [1.82, 2.24) is 28.8 Å². The zero-order valence-electron chi connectivity index (χ0n) is 13.4. The summed E-state index contributed by atoms with van der Waals surface area (Å²) in [6, 6.07) is 5.76. The van der Waals surface area contributed by atoms with E-state index in [9.17, 15) is 8.42 Å². The Bertz CT molecular complexity index is 930. The summed E-state index contributed by atoms with van der Waals surface area (Å²) >= 11 is 0. The maximum atomic E-state index is 12.5. The molecule has 1 aliphatic rings. The van der Waals surface area contributed by atoms with Crippen LogP contribution in [0.4, 0.5) is 5.82 Å². The van der Waals surface area contributed by atoms with Crippen LogP contribution < -0.4 is 4.90 Å². The van der Waals surface area contributed by atoms with Crippen molar-refractivity contribution in [3.63, 3.8) is 0 Å². The minimum atomic E-state index is -3.52. The monoisotopic (exact) mass is 359 g/mol. The van der Waals surface area contributed by atoms with E-state index in [2.05, 4.69) is 24.8 Å². The second kappa shape index (κ2) is 6.30. The quantitative estimate of drug-likeness (QED) is 0.728. The van der Waals surface area contributed by atoms with Crippen molar-refractivity contribution >= 4 is 15.8 Å². The van der Waals surface area contributed by atoms with Gasteiger partial charge in [0, 0.05) is 44.6 Å². The molecular weight excluding hydrogens is 342 g/mol. The van der Waals surface area contributed by atoms with E-state index in [1.54, 1.807) is 0 Å². The Labute approximate surface area is 145 Å². The zero-order valence-corrected chi connectivity index (χ0v) is 14.2. The third kappa shape index (κ3) is 3.01. The summed E-state index contributed by atoms with van der Waals surface area (Å²) in [4.78, 5) is 17.1. The summed E-state index contributed by atoms with van der Waals surface area (Å²) in [6.07, 6.45) is 8.06. The molecule has 0 bridgehead atoms. The van der Waals surface area contributed by atoms with Gasteiger partial charge in [-0.05, 0) is 12.1 Å². The Balaban J connectivity index is 1.48. The molecule has 0 spiro atoms. The lowest BCUT2D eigenvalue weighted by molar-refractivity contribution is 0.382. The molecule has 1 saturated heterocycles. The number of hydrogen-bond acceptors (Lipinski definition) is 6. The molecule has 0 atom stereocenters. The molecular formula is C15H17N7O2S. The normalized spacial score (nSPS) is 16.2. The lowest BCUT2D eigenvalue weighted by atomic mass is 10.3. The SMILES string of the molecule is O=S(=O)(c1cnc[nH]1)N1CCN(c2cc(-n3cccc3)ncn2)CC1. The number of nitrogens with zero attached hydrogens (tertiary/aromatic N) is 6. The highest BCUT2D eigenvalue weighted by molar-refractivity contribution is 7.89. The van der Waals surface area contributed by atoms with Gasteiger partial charge in [0.15, 0.2) is 5.03 Å². The number of sulfonamides is 1. The summed E-state index contributed by atoms with van der Waals surface area (Å²) in [5.74, 6) is 1.57. The Morgan fingerprint density at radius 3 is 2.40 bits per heavy atom. The first kappa shape index (κ1) is 15.8. The van der Waals surface area contributed by atoms with Crippen molar-refractivity contribution in [1.29, 1.82) is 0 Å². The molecule has 3 aromatic heterocycles. The van der Waals surface area contributed by atoms with E-state index >= 15 is 0 Å². The predicted molar refractivity (Wildman–Crippen MR) is 90.9 cm³/mol. The molecule has 9 nitrogen and oxygen atoms in total. The lowest BCUT2D eigenvalue weighted by Gasteiger charge is -2.34. The molecule has 4 heterocycles. The fraction of sp³-hybridized carbons (Fsp3) is 0.267. The number of imidazole rings is 1. The van der Waals surface area contributed by atoms with E-state index in [4.69, 9.17) is 0 Å². The van der Waals surface area contributed by atoms with Gasteiger partial charge in [0.1, 0.15) is 18.0 Å². The first-order valence-corrected chi connectivity index (χ1v) is 9.27. The number of anilines is 1. The van der Waals surface area contributed by atoms with E-state index in [0.29, 0.717) is 26.2 Å². The predicted octanol–water partition coefficient (Wildman–Crippen LogP) is 0.501. The summed E-state index contributed by atoms with van der Waals surface area (Å²) in [7, 11) is -3.52. The standard InChI is InChI=1S/C15H17N7O2S/c23-25(24,15-10-16-11-19-15)22-7-5-21(6-8-22)14-9-13(17-12-18-14)20-3-1-2-4-20/h1-4,9-12H,5-8H2,(H,16,19). The molecule has 25 heavy (non-hydrogen) atoms. The van der Waals surface area contributed by atoms with Crippen LogP contribution in [0.15, 0.2) is 54.5 Å². The van der Waals surface area contributed by atoms with Crippen LogP contribution in [0.5, 0.6) is 0 Å². The first-order chi connectivity index (χ1) is 12.1. The van der Waals surface area contributed by atoms with E-state index in [1.807, 2.05) is 35.2 Å². The van der Waals surface area contributed by atoms with Gasteiger partial charge in [-0.3, -0.25) is 0 Å². The molecule has 3 aromatic rings. The Kier molecular flexibility index (Phi) is 3.98. The van der Waals surface area contributed by atoms with Gasteiger partial charge in [-0.1, -0.05) is 0 Å². The molecule has 10 heteroatoms. The van der Waals surface area contributed by atoms with E-state index in [-0.39, 0.29) is 5.03 Å². The highest BCUT2D eigenvalue weighted by atomic mass is 32.2. The molecule has 0 radical (unpaired) electrons. The molecule has 130 valence electrons. The van der Waals surface area contributed by atoms with Gasteiger partial charge in [0.25, 0.3) is 10.0 Å². The summed E-state index contributed by atoms with van der Waals surface area (Å²) in [5, 5.41) is 0.123. The molecule has 1 fully saturated rings. The smallest absolute Gasteiger partial charge is 0.260 e. The Morgan fingerprint density at radius 1 is 1.00 bits per heavy atom. The summed E-state index contributed by atoms with van der Waals surface area (Å²) < 4.78 is 28.4. The van der Waals surface area contributed by atoms with Crippen molar-refractivity contribution in [2.45, 2.75) is 5.03 Å². The van der Waals surface area contributed by atoms with E-state index < -0.39 is 10.0 Å². The van der Waals surface area contributed by atoms with Crippen molar-refractivity contribution in [2.24, 2.45) is 0 Å². The van der Waals surface area contributed by atoms with Gasteiger partial charge < -0.3 is 14.5 Å².